The highest BCUT2D eigenvalue weighted by molar-refractivity contribution is 5.77. The van der Waals surface area contributed by atoms with Gasteiger partial charge in [0.25, 0.3) is 0 Å². The van der Waals surface area contributed by atoms with Crippen molar-refractivity contribution in [2.45, 2.75) is 19.9 Å². The number of likely N-dealkylation sites (N-methyl/N-ethyl adjacent to an activating group) is 1. The first-order valence-corrected chi connectivity index (χ1v) is 5.87. The number of nitrogens with one attached hydrogen (secondary N) is 1. The van der Waals surface area contributed by atoms with E-state index in [0.29, 0.717) is 17.9 Å². The van der Waals surface area contributed by atoms with Gasteiger partial charge in [0.2, 0.25) is 0 Å². The molecule has 0 aliphatic heterocycles. The number of nitrogens with zero attached hydrogens (tertiary/aromatic N) is 2. The maximum absolute atomic E-state index is 11.2. The van der Waals surface area contributed by atoms with E-state index in [2.05, 4.69) is 5.32 Å². The molecule has 0 heterocycles. The van der Waals surface area contributed by atoms with Crippen LogP contribution in [0.5, 0.6) is 0 Å². The first-order chi connectivity index (χ1) is 8.52. The van der Waals surface area contributed by atoms with Crippen LogP contribution in [0.1, 0.15) is 13.8 Å². The van der Waals surface area contributed by atoms with Crippen LogP contribution in [-0.4, -0.2) is 36.3 Å². The molecule has 0 aromatic heterocycles. The number of rotatable bonds is 6. The van der Waals surface area contributed by atoms with Gasteiger partial charge in [-0.3, -0.25) is 10.1 Å². The van der Waals surface area contributed by atoms with Crippen LogP contribution >= 0.6 is 0 Å². The smallest absolute Gasteiger partial charge is 0.315 e. The molecule has 100 valence electrons. The molecule has 0 amide bonds. The number of nitro groups is 1. The Labute approximate surface area is 106 Å². The highest BCUT2D eigenvalue weighted by Crippen LogP contribution is 2.35. The largest absolute Gasteiger partial charge is 0.394 e. The molecule has 0 saturated heterocycles. The quantitative estimate of drug-likeness (QED) is 0.597. The minimum Gasteiger partial charge on any atom is -0.394 e. The van der Waals surface area contributed by atoms with E-state index in [0.717, 1.165) is 0 Å². The summed E-state index contributed by atoms with van der Waals surface area (Å²) in [5, 5.41) is 23.3. The Balaban J connectivity index is 3.26. The third-order valence-corrected chi connectivity index (χ3v) is 2.87. The summed E-state index contributed by atoms with van der Waals surface area (Å²) in [5.41, 5.74) is 1.04. The summed E-state index contributed by atoms with van der Waals surface area (Å²) >= 11 is 0. The lowest BCUT2D eigenvalue weighted by atomic mass is 10.2. The summed E-state index contributed by atoms with van der Waals surface area (Å²) in [6.07, 6.45) is 0. The Morgan fingerprint density at radius 3 is 2.72 bits per heavy atom. The molecule has 0 radical (unpaired) electrons. The Kier molecular flexibility index (Phi) is 4.91. The summed E-state index contributed by atoms with van der Waals surface area (Å²) < 4.78 is 0. The van der Waals surface area contributed by atoms with Gasteiger partial charge < -0.3 is 15.3 Å². The maximum atomic E-state index is 11.2. The van der Waals surface area contributed by atoms with Gasteiger partial charge >= 0.3 is 5.69 Å². The van der Waals surface area contributed by atoms with Crippen molar-refractivity contribution in [3.05, 3.63) is 28.3 Å². The molecule has 1 unspecified atom stereocenters. The van der Waals surface area contributed by atoms with Crippen molar-refractivity contribution >= 4 is 17.1 Å². The third-order valence-electron chi connectivity index (χ3n) is 2.87. The van der Waals surface area contributed by atoms with Crippen molar-refractivity contribution < 1.29 is 10.0 Å². The van der Waals surface area contributed by atoms with Crippen LogP contribution in [0.3, 0.4) is 0 Å². The molecule has 1 atom stereocenters. The first-order valence-electron chi connectivity index (χ1n) is 5.87. The van der Waals surface area contributed by atoms with Crippen molar-refractivity contribution in [2.75, 3.05) is 30.4 Å². The average molecular weight is 253 g/mol. The van der Waals surface area contributed by atoms with Crippen LogP contribution in [0, 0.1) is 10.1 Å². The molecule has 1 rings (SSSR count). The summed E-state index contributed by atoms with van der Waals surface area (Å²) in [4.78, 5) is 12.5. The molecule has 0 spiro atoms. The number of nitro benzene ring substituents is 1. The van der Waals surface area contributed by atoms with Gasteiger partial charge in [0.1, 0.15) is 11.4 Å². The number of aliphatic hydroxyl groups is 1. The molecule has 0 bridgehead atoms. The van der Waals surface area contributed by atoms with Gasteiger partial charge in [-0.15, -0.1) is 0 Å². The van der Waals surface area contributed by atoms with Gasteiger partial charge in [-0.2, -0.15) is 0 Å². The molecular weight excluding hydrogens is 234 g/mol. The molecule has 6 nitrogen and oxygen atoms in total. The minimum atomic E-state index is -0.395. The van der Waals surface area contributed by atoms with Crippen LogP contribution in [0.4, 0.5) is 17.1 Å². The highest BCUT2D eigenvalue weighted by atomic mass is 16.6. The van der Waals surface area contributed by atoms with Gasteiger partial charge in [0.05, 0.1) is 11.5 Å². The van der Waals surface area contributed by atoms with E-state index in [1.165, 1.54) is 0 Å². The summed E-state index contributed by atoms with van der Waals surface area (Å²) in [7, 11) is 1.74. The van der Waals surface area contributed by atoms with Crippen LogP contribution in [0.15, 0.2) is 18.2 Å². The fourth-order valence-corrected chi connectivity index (χ4v) is 1.70. The van der Waals surface area contributed by atoms with Crippen LogP contribution in [-0.2, 0) is 0 Å². The van der Waals surface area contributed by atoms with E-state index in [-0.39, 0.29) is 18.3 Å². The molecule has 1 aromatic rings. The number of benzene rings is 1. The molecule has 2 N–H and O–H groups in total. The second-order valence-corrected chi connectivity index (χ2v) is 4.10. The zero-order chi connectivity index (χ0) is 13.7. The van der Waals surface area contributed by atoms with E-state index in [9.17, 15) is 10.1 Å². The Hall–Kier alpha value is -1.82. The third kappa shape index (κ3) is 2.89. The SMILES string of the molecule is CCNc1cccc(N(C)C(C)CO)c1[N+](=O)[O-]. The lowest BCUT2D eigenvalue weighted by Gasteiger charge is -2.25. The van der Waals surface area contributed by atoms with E-state index in [1.54, 1.807) is 30.1 Å². The van der Waals surface area contributed by atoms with Crippen molar-refractivity contribution in [3.63, 3.8) is 0 Å². The molecular formula is C12H19N3O3. The fourth-order valence-electron chi connectivity index (χ4n) is 1.70. The number of anilines is 2. The number of aliphatic hydroxyl groups excluding tert-OH is 1. The molecule has 0 aliphatic carbocycles. The van der Waals surface area contributed by atoms with E-state index in [4.69, 9.17) is 5.11 Å². The second-order valence-electron chi connectivity index (χ2n) is 4.10. The number of hydrogen-bond acceptors (Lipinski definition) is 5. The topological polar surface area (TPSA) is 78.6 Å². The second kappa shape index (κ2) is 6.20. The molecule has 0 aliphatic rings. The highest BCUT2D eigenvalue weighted by Gasteiger charge is 2.23. The monoisotopic (exact) mass is 253 g/mol. The summed E-state index contributed by atoms with van der Waals surface area (Å²) in [6, 6.07) is 4.95. The van der Waals surface area contributed by atoms with Gasteiger partial charge in [0, 0.05) is 19.6 Å². The van der Waals surface area contributed by atoms with Crippen LogP contribution in [0.25, 0.3) is 0 Å². The molecule has 0 fully saturated rings. The predicted octanol–water partition coefficient (Wildman–Crippen LogP) is 1.84. The van der Waals surface area contributed by atoms with Crippen LogP contribution < -0.4 is 10.2 Å². The normalized spacial score (nSPS) is 12.0. The zero-order valence-electron chi connectivity index (χ0n) is 10.9. The Morgan fingerprint density at radius 1 is 1.56 bits per heavy atom. The van der Waals surface area contributed by atoms with Crippen molar-refractivity contribution in [3.8, 4) is 0 Å². The Morgan fingerprint density at radius 2 is 2.22 bits per heavy atom. The van der Waals surface area contributed by atoms with Gasteiger partial charge in [-0.25, -0.2) is 0 Å². The minimum absolute atomic E-state index is 0.0437. The molecule has 6 heteroatoms. The van der Waals surface area contributed by atoms with Crippen molar-refractivity contribution in [2.24, 2.45) is 0 Å². The van der Waals surface area contributed by atoms with Crippen molar-refractivity contribution in [1.82, 2.24) is 0 Å². The summed E-state index contributed by atoms with van der Waals surface area (Å²) in [5.74, 6) is 0. The summed E-state index contributed by atoms with van der Waals surface area (Å²) in [6.45, 7) is 4.25. The molecule has 18 heavy (non-hydrogen) atoms. The van der Waals surface area contributed by atoms with Gasteiger partial charge in [-0.1, -0.05) is 6.07 Å². The lowest BCUT2D eigenvalue weighted by molar-refractivity contribution is -0.383. The molecule has 1 aromatic carbocycles. The maximum Gasteiger partial charge on any atom is 0.315 e. The fraction of sp³-hybridized carbons (Fsp3) is 0.500. The van der Waals surface area contributed by atoms with Gasteiger partial charge in [-0.05, 0) is 26.0 Å². The average Bonchev–Trinajstić information content (AvgIpc) is 2.36. The Bertz CT molecular complexity index is 423. The molecule has 0 saturated carbocycles. The number of para-hydroxylation sites is 1. The van der Waals surface area contributed by atoms with E-state index in [1.807, 2.05) is 13.8 Å². The number of hydrogen-bond donors (Lipinski definition) is 2. The first kappa shape index (κ1) is 14.2. The van der Waals surface area contributed by atoms with Gasteiger partial charge in [0.15, 0.2) is 0 Å². The predicted molar refractivity (Wildman–Crippen MR) is 72.2 cm³/mol. The van der Waals surface area contributed by atoms with Crippen LogP contribution in [0.2, 0.25) is 0 Å². The lowest BCUT2D eigenvalue weighted by Crippen LogP contribution is -2.32. The standard InChI is InChI=1S/C12H19N3O3/c1-4-13-10-6-5-7-11(12(10)15(17)18)14(3)9(2)8-16/h5-7,9,13,16H,4,8H2,1-3H3. The zero-order valence-corrected chi connectivity index (χ0v) is 10.9. The van der Waals surface area contributed by atoms with Crippen molar-refractivity contribution in [1.29, 1.82) is 0 Å². The van der Waals surface area contributed by atoms with E-state index < -0.39 is 4.92 Å². The van der Waals surface area contributed by atoms with E-state index >= 15 is 0 Å².